The van der Waals surface area contributed by atoms with E-state index in [0.717, 1.165) is 10.1 Å². The van der Waals surface area contributed by atoms with Gasteiger partial charge >= 0.3 is 5.97 Å². The van der Waals surface area contributed by atoms with Crippen LogP contribution >= 0.6 is 34.5 Å². The number of halogens is 2. The highest BCUT2D eigenvalue weighted by Crippen LogP contribution is 2.46. The lowest BCUT2D eigenvalue weighted by molar-refractivity contribution is -0.145. The first-order chi connectivity index (χ1) is 11.6. The SMILES string of the molecule is CCOC(=O)COc1cc2c(C3CCCCC3)csc2c(Cl)c1Cl. The molecule has 0 N–H and O–H groups in total. The van der Waals surface area contributed by atoms with Gasteiger partial charge in [0.15, 0.2) is 6.61 Å². The molecule has 1 heterocycles. The molecule has 0 amide bonds. The largest absolute Gasteiger partial charge is 0.480 e. The Kier molecular flexibility index (Phi) is 5.90. The van der Waals surface area contributed by atoms with Gasteiger partial charge in [-0.1, -0.05) is 42.5 Å². The number of carbonyl (C=O) groups is 1. The van der Waals surface area contributed by atoms with Crippen LogP contribution in [0.3, 0.4) is 0 Å². The summed E-state index contributed by atoms with van der Waals surface area (Å²) in [5.74, 6) is 0.600. The van der Waals surface area contributed by atoms with Crippen molar-refractivity contribution in [2.45, 2.75) is 44.9 Å². The van der Waals surface area contributed by atoms with Gasteiger partial charge in [-0.15, -0.1) is 11.3 Å². The molecule has 0 unspecified atom stereocenters. The van der Waals surface area contributed by atoms with Crippen LogP contribution < -0.4 is 4.74 Å². The lowest BCUT2D eigenvalue weighted by Gasteiger charge is -2.21. The van der Waals surface area contributed by atoms with Crippen molar-refractivity contribution in [3.63, 3.8) is 0 Å². The number of hydrogen-bond donors (Lipinski definition) is 0. The van der Waals surface area contributed by atoms with Gasteiger partial charge in [-0.3, -0.25) is 0 Å². The molecule has 2 aromatic rings. The molecule has 3 rings (SSSR count). The van der Waals surface area contributed by atoms with Crippen LogP contribution in [0.5, 0.6) is 5.75 Å². The molecule has 1 aromatic heterocycles. The van der Waals surface area contributed by atoms with E-state index in [9.17, 15) is 4.79 Å². The van der Waals surface area contributed by atoms with Crippen molar-refractivity contribution in [1.82, 2.24) is 0 Å². The highest BCUT2D eigenvalue weighted by molar-refractivity contribution is 7.18. The van der Waals surface area contributed by atoms with E-state index in [0.29, 0.717) is 28.3 Å². The van der Waals surface area contributed by atoms with Gasteiger partial charge in [-0.05, 0) is 42.7 Å². The van der Waals surface area contributed by atoms with Crippen LogP contribution in [0.1, 0.15) is 50.5 Å². The van der Waals surface area contributed by atoms with Crippen LogP contribution in [-0.2, 0) is 9.53 Å². The van der Waals surface area contributed by atoms with Crippen LogP contribution in [0, 0.1) is 0 Å². The minimum absolute atomic E-state index is 0.168. The molecular formula is C18H20Cl2O3S. The summed E-state index contributed by atoms with van der Waals surface area (Å²) >= 11 is 14.4. The van der Waals surface area contributed by atoms with Crippen LogP contribution in [0.2, 0.25) is 10.0 Å². The average molecular weight is 387 g/mol. The normalized spacial score (nSPS) is 15.6. The topological polar surface area (TPSA) is 35.5 Å². The zero-order valence-corrected chi connectivity index (χ0v) is 15.9. The monoisotopic (exact) mass is 386 g/mol. The Balaban J connectivity index is 1.91. The highest BCUT2D eigenvalue weighted by atomic mass is 35.5. The van der Waals surface area contributed by atoms with E-state index in [-0.39, 0.29) is 6.61 Å². The van der Waals surface area contributed by atoms with Crippen molar-refractivity contribution in [2.24, 2.45) is 0 Å². The zero-order chi connectivity index (χ0) is 17.1. The van der Waals surface area contributed by atoms with Gasteiger partial charge in [0, 0.05) is 5.39 Å². The maximum absolute atomic E-state index is 11.5. The number of ether oxygens (including phenoxy) is 2. The predicted molar refractivity (Wildman–Crippen MR) is 99.8 cm³/mol. The molecule has 1 aromatic carbocycles. The molecule has 3 nitrogen and oxygen atoms in total. The third-order valence-electron chi connectivity index (χ3n) is 4.44. The lowest BCUT2D eigenvalue weighted by Crippen LogP contribution is -2.14. The molecule has 0 atom stereocenters. The van der Waals surface area contributed by atoms with Gasteiger partial charge in [0.1, 0.15) is 10.8 Å². The Labute approximate surface area is 155 Å². The zero-order valence-electron chi connectivity index (χ0n) is 13.6. The maximum Gasteiger partial charge on any atom is 0.344 e. The standard InChI is InChI=1S/C18H20Cl2O3S/c1-2-22-15(21)9-23-14-8-12-13(11-6-4-3-5-7-11)10-24-18(12)17(20)16(14)19/h8,10-11H,2-7,9H2,1H3. The Morgan fingerprint density at radius 2 is 2.00 bits per heavy atom. The van der Waals surface area contributed by atoms with Crippen molar-refractivity contribution in [3.05, 3.63) is 27.1 Å². The van der Waals surface area contributed by atoms with E-state index in [2.05, 4.69) is 5.38 Å². The molecule has 0 spiro atoms. The molecule has 6 heteroatoms. The van der Waals surface area contributed by atoms with E-state index < -0.39 is 5.97 Å². The lowest BCUT2D eigenvalue weighted by atomic mass is 9.84. The summed E-state index contributed by atoms with van der Waals surface area (Å²) in [6.45, 7) is 1.92. The van der Waals surface area contributed by atoms with Crippen LogP contribution in [-0.4, -0.2) is 19.2 Å². The third-order valence-corrected chi connectivity index (χ3v) is 6.43. The molecule has 0 radical (unpaired) electrons. The van der Waals surface area contributed by atoms with Gasteiger partial charge in [0.25, 0.3) is 0 Å². The Hall–Kier alpha value is -0.970. The number of fused-ring (bicyclic) bond motifs is 1. The first-order valence-electron chi connectivity index (χ1n) is 8.29. The van der Waals surface area contributed by atoms with Crippen LogP contribution in [0.4, 0.5) is 0 Å². The summed E-state index contributed by atoms with van der Waals surface area (Å²) in [5.41, 5.74) is 1.33. The number of hydrogen-bond acceptors (Lipinski definition) is 4. The van der Waals surface area contributed by atoms with Gasteiger partial charge in [-0.25, -0.2) is 4.79 Å². The summed E-state index contributed by atoms with van der Waals surface area (Å²) in [6, 6.07) is 1.92. The molecular weight excluding hydrogens is 367 g/mol. The summed E-state index contributed by atoms with van der Waals surface area (Å²) in [4.78, 5) is 11.5. The third kappa shape index (κ3) is 3.66. The first kappa shape index (κ1) is 17.8. The second kappa shape index (κ2) is 7.94. The highest BCUT2D eigenvalue weighted by Gasteiger charge is 2.22. The summed E-state index contributed by atoms with van der Waals surface area (Å²) < 4.78 is 11.4. The molecule has 130 valence electrons. The minimum atomic E-state index is -0.414. The summed E-state index contributed by atoms with van der Waals surface area (Å²) in [6.07, 6.45) is 6.29. The fourth-order valence-corrected chi connectivity index (χ4v) is 4.94. The molecule has 0 saturated heterocycles. The molecule has 1 aliphatic carbocycles. The molecule has 1 fully saturated rings. The van der Waals surface area contributed by atoms with E-state index >= 15 is 0 Å². The quantitative estimate of drug-likeness (QED) is 0.573. The molecule has 0 bridgehead atoms. The van der Waals surface area contributed by atoms with E-state index in [1.165, 1.54) is 37.7 Å². The fourth-order valence-electron chi connectivity index (χ4n) is 3.28. The molecule has 1 aliphatic rings. The number of esters is 1. The average Bonchev–Trinajstić information content (AvgIpc) is 3.02. The Morgan fingerprint density at radius 3 is 2.71 bits per heavy atom. The fraction of sp³-hybridized carbons (Fsp3) is 0.500. The van der Waals surface area contributed by atoms with Crippen molar-refractivity contribution in [2.75, 3.05) is 13.2 Å². The number of benzene rings is 1. The first-order valence-corrected chi connectivity index (χ1v) is 9.92. The van der Waals surface area contributed by atoms with E-state index in [1.807, 2.05) is 6.07 Å². The van der Waals surface area contributed by atoms with Crippen molar-refractivity contribution in [1.29, 1.82) is 0 Å². The minimum Gasteiger partial charge on any atom is -0.480 e. The molecule has 1 saturated carbocycles. The van der Waals surface area contributed by atoms with Crippen molar-refractivity contribution >= 4 is 50.6 Å². The maximum atomic E-state index is 11.5. The predicted octanol–water partition coefficient (Wildman–Crippen LogP) is 6.20. The van der Waals surface area contributed by atoms with Gasteiger partial charge in [0.2, 0.25) is 0 Å². The van der Waals surface area contributed by atoms with Crippen LogP contribution in [0.25, 0.3) is 10.1 Å². The summed E-state index contributed by atoms with van der Waals surface area (Å²) in [5, 5.41) is 4.14. The van der Waals surface area contributed by atoms with E-state index in [4.69, 9.17) is 32.7 Å². The summed E-state index contributed by atoms with van der Waals surface area (Å²) in [7, 11) is 0. The van der Waals surface area contributed by atoms with Gasteiger partial charge in [0.05, 0.1) is 16.3 Å². The molecule has 24 heavy (non-hydrogen) atoms. The van der Waals surface area contributed by atoms with Gasteiger partial charge in [-0.2, -0.15) is 0 Å². The van der Waals surface area contributed by atoms with Crippen molar-refractivity contribution in [3.8, 4) is 5.75 Å². The van der Waals surface area contributed by atoms with Crippen LogP contribution in [0.15, 0.2) is 11.4 Å². The number of thiophene rings is 1. The van der Waals surface area contributed by atoms with E-state index in [1.54, 1.807) is 18.3 Å². The Bertz CT molecular complexity index is 735. The van der Waals surface area contributed by atoms with Gasteiger partial charge < -0.3 is 9.47 Å². The second-order valence-electron chi connectivity index (χ2n) is 6.00. The smallest absolute Gasteiger partial charge is 0.344 e. The number of rotatable bonds is 5. The second-order valence-corrected chi connectivity index (χ2v) is 7.63. The Morgan fingerprint density at radius 1 is 1.25 bits per heavy atom. The van der Waals surface area contributed by atoms with Crippen molar-refractivity contribution < 1.29 is 14.3 Å². The number of carbonyl (C=O) groups excluding carboxylic acids is 1. The molecule has 0 aliphatic heterocycles.